The van der Waals surface area contributed by atoms with Crippen molar-refractivity contribution in [2.24, 2.45) is 5.14 Å². The fourth-order valence-corrected chi connectivity index (χ4v) is 1.31. The van der Waals surface area contributed by atoms with E-state index in [-0.39, 0.29) is 11.5 Å². The monoisotopic (exact) mass is 205 g/mol. The molecule has 7 heteroatoms. The maximum atomic E-state index is 10.8. The minimum Gasteiger partial charge on any atom is -0.396 e. The van der Waals surface area contributed by atoms with Crippen molar-refractivity contribution in [2.45, 2.75) is 17.9 Å². The van der Waals surface area contributed by atoms with Crippen molar-refractivity contribution in [3.8, 4) is 0 Å². The predicted octanol–water partition coefficient (Wildman–Crippen LogP) is -1.09. The third-order valence-corrected chi connectivity index (χ3v) is 2.35. The van der Waals surface area contributed by atoms with Crippen LogP contribution in [0.4, 0.5) is 0 Å². The van der Waals surface area contributed by atoms with E-state index in [0.717, 1.165) is 0 Å². The van der Waals surface area contributed by atoms with Crippen molar-refractivity contribution in [3.05, 3.63) is 12.4 Å². The SMILES string of the molecule is NS(=O)(=O)c1cnn(CCCO)c1. The van der Waals surface area contributed by atoms with Gasteiger partial charge in [-0.2, -0.15) is 5.10 Å². The van der Waals surface area contributed by atoms with Gasteiger partial charge in [-0.25, -0.2) is 13.6 Å². The molecule has 1 aromatic rings. The summed E-state index contributed by atoms with van der Waals surface area (Å²) < 4.78 is 23.0. The van der Waals surface area contributed by atoms with Crippen LogP contribution in [0.15, 0.2) is 17.3 Å². The summed E-state index contributed by atoms with van der Waals surface area (Å²) in [6.45, 7) is 0.524. The van der Waals surface area contributed by atoms with Crippen molar-refractivity contribution < 1.29 is 13.5 Å². The van der Waals surface area contributed by atoms with E-state index in [0.29, 0.717) is 13.0 Å². The van der Waals surface area contributed by atoms with Gasteiger partial charge in [0.15, 0.2) is 0 Å². The molecule has 0 saturated heterocycles. The fraction of sp³-hybridized carbons (Fsp3) is 0.500. The van der Waals surface area contributed by atoms with Crippen LogP contribution in [-0.4, -0.2) is 29.9 Å². The van der Waals surface area contributed by atoms with Gasteiger partial charge in [-0.3, -0.25) is 4.68 Å². The Bertz CT molecular complexity index is 370. The highest BCUT2D eigenvalue weighted by molar-refractivity contribution is 7.89. The summed E-state index contributed by atoms with van der Waals surface area (Å²) in [5.74, 6) is 0. The Balaban J connectivity index is 2.76. The van der Waals surface area contributed by atoms with Gasteiger partial charge >= 0.3 is 0 Å². The van der Waals surface area contributed by atoms with Crippen LogP contribution < -0.4 is 5.14 Å². The Morgan fingerprint density at radius 2 is 2.31 bits per heavy atom. The maximum Gasteiger partial charge on any atom is 0.241 e. The smallest absolute Gasteiger partial charge is 0.241 e. The molecule has 0 aliphatic rings. The number of nitrogens with two attached hydrogens (primary N) is 1. The van der Waals surface area contributed by atoms with Crippen molar-refractivity contribution in [1.82, 2.24) is 9.78 Å². The lowest BCUT2D eigenvalue weighted by Crippen LogP contribution is -2.11. The van der Waals surface area contributed by atoms with E-state index in [4.69, 9.17) is 10.2 Å². The van der Waals surface area contributed by atoms with Crippen molar-refractivity contribution in [1.29, 1.82) is 0 Å². The van der Waals surface area contributed by atoms with Crippen molar-refractivity contribution >= 4 is 10.0 Å². The minimum atomic E-state index is -3.65. The van der Waals surface area contributed by atoms with Gasteiger partial charge in [0.25, 0.3) is 0 Å². The van der Waals surface area contributed by atoms with Crippen LogP contribution in [0.5, 0.6) is 0 Å². The zero-order valence-electron chi connectivity index (χ0n) is 6.92. The molecule has 3 N–H and O–H groups in total. The first-order valence-corrected chi connectivity index (χ1v) is 5.25. The third-order valence-electron chi connectivity index (χ3n) is 1.48. The van der Waals surface area contributed by atoms with E-state index in [1.807, 2.05) is 0 Å². The third kappa shape index (κ3) is 2.79. The van der Waals surface area contributed by atoms with E-state index in [9.17, 15) is 8.42 Å². The summed E-state index contributed by atoms with van der Waals surface area (Å²) in [5, 5.41) is 17.1. The first-order valence-electron chi connectivity index (χ1n) is 3.70. The van der Waals surface area contributed by atoms with Crippen LogP contribution >= 0.6 is 0 Å². The average Bonchev–Trinajstić information content (AvgIpc) is 2.47. The Hall–Kier alpha value is -0.920. The Kier molecular flexibility index (Phi) is 3.02. The molecule has 0 saturated carbocycles. The van der Waals surface area contributed by atoms with E-state index < -0.39 is 10.0 Å². The molecule has 0 aromatic carbocycles. The normalized spacial score (nSPS) is 11.8. The number of aliphatic hydroxyl groups is 1. The summed E-state index contributed by atoms with van der Waals surface area (Å²) in [5.41, 5.74) is 0. The molecule has 6 nitrogen and oxygen atoms in total. The molecule has 1 rings (SSSR count). The second-order valence-electron chi connectivity index (χ2n) is 2.56. The maximum absolute atomic E-state index is 10.8. The lowest BCUT2D eigenvalue weighted by Gasteiger charge is -1.96. The van der Waals surface area contributed by atoms with Crippen LogP contribution in [0.1, 0.15) is 6.42 Å². The number of nitrogens with zero attached hydrogens (tertiary/aromatic N) is 2. The number of primary sulfonamides is 1. The van der Waals surface area contributed by atoms with Crippen LogP contribution in [-0.2, 0) is 16.6 Å². The largest absolute Gasteiger partial charge is 0.396 e. The Morgan fingerprint density at radius 1 is 1.62 bits per heavy atom. The van der Waals surface area contributed by atoms with E-state index in [1.165, 1.54) is 17.1 Å². The van der Waals surface area contributed by atoms with Gasteiger partial charge in [0.05, 0.1) is 6.20 Å². The highest BCUT2D eigenvalue weighted by Crippen LogP contribution is 2.03. The lowest BCUT2D eigenvalue weighted by atomic mass is 10.5. The zero-order valence-corrected chi connectivity index (χ0v) is 7.74. The number of hydrogen-bond donors (Lipinski definition) is 2. The van der Waals surface area contributed by atoms with Crippen LogP contribution in [0, 0.1) is 0 Å². The first-order chi connectivity index (χ1) is 6.04. The predicted molar refractivity (Wildman–Crippen MR) is 45.3 cm³/mol. The second kappa shape index (κ2) is 3.86. The average molecular weight is 205 g/mol. The standard InChI is InChI=1S/C6H11N3O3S/c7-13(11,12)6-4-8-9(5-6)2-1-3-10/h4-5,10H,1-3H2,(H2,7,11,12). The summed E-state index contributed by atoms with van der Waals surface area (Å²) in [7, 11) is -3.65. The van der Waals surface area contributed by atoms with Gasteiger partial charge in [-0.05, 0) is 6.42 Å². The van der Waals surface area contributed by atoms with Crippen molar-refractivity contribution in [2.75, 3.05) is 6.61 Å². The molecule has 0 aliphatic heterocycles. The van der Waals surface area contributed by atoms with Crippen LogP contribution in [0.3, 0.4) is 0 Å². The van der Waals surface area contributed by atoms with Crippen LogP contribution in [0.25, 0.3) is 0 Å². The quantitative estimate of drug-likeness (QED) is 0.652. The number of hydrogen-bond acceptors (Lipinski definition) is 4. The number of aryl methyl sites for hydroxylation is 1. The molecule has 0 fully saturated rings. The molecule has 1 heterocycles. The first kappa shape index (κ1) is 10.2. The second-order valence-corrected chi connectivity index (χ2v) is 4.12. The van der Waals surface area contributed by atoms with Gasteiger partial charge in [-0.1, -0.05) is 0 Å². The molecule has 0 aliphatic carbocycles. The molecule has 0 radical (unpaired) electrons. The van der Waals surface area contributed by atoms with E-state index in [1.54, 1.807) is 0 Å². The fourth-order valence-electron chi connectivity index (χ4n) is 0.847. The number of aliphatic hydroxyl groups excluding tert-OH is 1. The topological polar surface area (TPSA) is 98.2 Å². The minimum absolute atomic E-state index is 0.00885. The highest BCUT2D eigenvalue weighted by Gasteiger charge is 2.09. The molecular formula is C6H11N3O3S. The van der Waals surface area contributed by atoms with E-state index >= 15 is 0 Å². The zero-order chi connectivity index (χ0) is 9.90. The summed E-state index contributed by atoms with van der Waals surface area (Å²) in [4.78, 5) is -0.00885. The Morgan fingerprint density at radius 3 is 2.77 bits per heavy atom. The molecule has 0 atom stereocenters. The molecule has 0 spiro atoms. The number of aromatic nitrogens is 2. The molecular weight excluding hydrogens is 194 g/mol. The lowest BCUT2D eigenvalue weighted by molar-refractivity contribution is 0.277. The van der Waals surface area contributed by atoms with Gasteiger partial charge in [-0.15, -0.1) is 0 Å². The number of sulfonamides is 1. The Labute approximate surface area is 76.0 Å². The summed E-state index contributed by atoms with van der Waals surface area (Å²) >= 11 is 0. The summed E-state index contributed by atoms with van der Waals surface area (Å²) in [6, 6.07) is 0. The molecule has 0 amide bonds. The van der Waals surface area contributed by atoms with Crippen molar-refractivity contribution in [3.63, 3.8) is 0 Å². The molecule has 13 heavy (non-hydrogen) atoms. The number of rotatable bonds is 4. The highest BCUT2D eigenvalue weighted by atomic mass is 32.2. The van der Waals surface area contributed by atoms with Gasteiger partial charge in [0.1, 0.15) is 4.90 Å². The van der Waals surface area contributed by atoms with E-state index in [2.05, 4.69) is 5.10 Å². The molecule has 1 aromatic heterocycles. The molecule has 74 valence electrons. The molecule has 0 unspecified atom stereocenters. The summed E-state index contributed by atoms with van der Waals surface area (Å²) in [6.07, 6.45) is 3.06. The van der Waals surface area contributed by atoms with Gasteiger partial charge < -0.3 is 5.11 Å². The molecule has 0 bridgehead atoms. The van der Waals surface area contributed by atoms with Crippen LogP contribution in [0.2, 0.25) is 0 Å². The van der Waals surface area contributed by atoms with Gasteiger partial charge in [0.2, 0.25) is 10.0 Å². The van der Waals surface area contributed by atoms with Gasteiger partial charge in [0, 0.05) is 19.3 Å².